The summed E-state index contributed by atoms with van der Waals surface area (Å²) >= 11 is 0. The molecule has 0 saturated carbocycles. The first kappa shape index (κ1) is 26.6. The van der Waals surface area contributed by atoms with E-state index in [1.54, 1.807) is 12.1 Å². The number of amides is 3. The molecule has 0 radical (unpaired) electrons. The molecule has 0 spiro atoms. The fourth-order valence-corrected chi connectivity index (χ4v) is 3.58. The maximum Gasteiger partial charge on any atom is 0.243 e. The van der Waals surface area contributed by atoms with E-state index in [0.717, 1.165) is 11.1 Å². The minimum atomic E-state index is -0.944. The van der Waals surface area contributed by atoms with Crippen LogP contribution in [0.2, 0.25) is 0 Å². The van der Waals surface area contributed by atoms with E-state index in [9.17, 15) is 24.3 Å². The number of carbonyl (C=O) groups excluding carboxylic acids is 4. The van der Waals surface area contributed by atoms with Gasteiger partial charge in [-0.2, -0.15) is 0 Å². The van der Waals surface area contributed by atoms with Crippen LogP contribution in [0.3, 0.4) is 0 Å². The van der Waals surface area contributed by atoms with Crippen LogP contribution in [0.1, 0.15) is 38.3 Å². The van der Waals surface area contributed by atoms with Crippen molar-refractivity contribution in [2.75, 3.05) is 0 Å². The number of aldehydes is 1. The number of phenols is 1. The highest BCUT2D eigenvalue weighted by Crippen LogP contribution is 2.12. The normalized spacial score (nSPS) is 13.4. The van der Waals surface area contributed by atoms with Gasteiger partial charge in [0.1, 0.15) is 24.1 Å². The number of benzene rings is 2. The minimum absolute atomic E-state index is 0.108. The number of rotatable bonds is 12. The largest absolute Gasteiger partial charge is 0.508 e. The maximum atomic E-state index is 13.2. The first-order chi connectivity index (χ1) is 16.2. The van der Waals surface area contributed by atoms with E-state index in [4.69, 9.17) is 0 Å². The van der Waals surface area contributed by atoms with E-state index in [2.05, 4.69) is 16.0 Å². The van der Waals surface area contributed by atoms with Gasteiger partial charge in [-0.3, -0.25) is 14.4 Å². The summed E-state index contributed by atoms with van der Waals surface area (Å²) in [5.74, 6) is -1.04. The lowest BCUT2D eigenvalue weighted by atomic mass is 10.0. The molecule has 2 aromatic rings. The summed E-state index contributed by atoms with van der Waals surface area (Å²) in [6.07, 6.45) is 1.52. The molecule has 8 nitrogen and oxygen atoms in total. The van der Waals surface area contributed by atoms with Crippen LogP contribution < -0.4 is 16.0 Å². The van der Waals surface area contributed by atoms with E-state index < -0.39 is 29.9 Å². The van der Waals surface area contributed by atoms with Crippen molar-refractivity contribution in [1.82, 2.24) is 16.0 Å². The Bertz CT molecular complexity index is 960. The van der Waals surface area contributed by atoms with Crippen molar-refractivity contribution in [3.05, 3.63) is 65.7 Å². The molecule has 0 bridgehead atoms. The predicted molar refractivity (Wildman–Crippen MR) is 129 cm³/mol. The molecule has 0 aliphatic rings. The van der Waals surface area contributed by atoms with E-state index >= 15 is 0 Å². The number of hydrogen-bond acceptors (Lipinski definition) is 5. The quantitative estimate of drug-likeness (QED) is 0.355. The van der Waals surface area contributed by atoms with Gasteiger partial charge >= 0.3 is 0 Å². The van der Waals surface area contributed by atoms with Crippen LogP contribution in [0, 0.1) is 5.92 Å². The van der Waals surface area contributed by atoms with Crippen LogP contribution in [-0.2, 0) is 32.0 Å². The first-order valence-electron chi connectivity index (χ1n) is 11.3. The average molecular weight is 468 g/mol. The molecular weight excluding hydrogens is 434 g/mol. The SMILES string of the molecule is CC(=O)N[C@@H](CC(C)C)C(=O)N[C@@H](Cc1ccccc1)C(=O)N[C@H](C=O)Cc1ccc(O)cc1. The predicted octanol–water partition coefficient (Wildman–Crippen LogP) is 1.90. The zero-order valence-electron chi connectivity index (χ0n) is 19.8. The van der Waals surface area contributed by atoms with E-state index in [-0.39, 0.29) is 30.4 Å². The van der Waals surface area contributed by atoms with E-state index in [0.29, 0.717) is 12.7 Å². The highest BCUT2D eigenvalue weighted by Gasteiger charge is 2.28. The van der Waals surface area contributed by atoms with Crippen LogP contribution >= 0.6 is 0 Å². The van der Waals surface area contributed by atoms with Gasteiger partial charge in [-0.15, -0.1) is 0 Å². The fraction of sp³-hybridized carbons (Fsp3) is 0.385. The second-order valence-electron chi connectivity index (χ2n) is 8.76. The second-order valence-corrected chi connectivity index (χ2v) is 8.76. The molecule has 2 aromatic carbocycles. The Morgan fingerprint density at radius 1 is 0.824 bits per heavy atom. The highest BCUT2D eigenvalue weighted by molar-refractivity contribution is 5.92. The Morgan fingerprint density at radius 3 is 1.97 bits per heavy atom. The van der Waals surface area contributed by atoms with Gasteiger partial charge in [-0.1, -0.05) is 56.3 Å². The minimum Gasteiger partial charge on any atom is -0.508 e. The average Bonchev–Trinajstić information content (AvgIpc) is 2.79. The molecule has 2 rings (SSSR count). The summed E-state index contributed by atoms with van der Waals surface area (Å²) in [7, 11) is 0. The number of phenolic OH excluding ortho intramolecular Hbond substituents is 1. The van der Waals surface area contributed by atoms with Crippen molar-refractivity contribution in [2.24, 2.45) is 5.92 Å². The van der Waals surface area contributed by atoms with Gasteiger partial charge in [-0.25, -0.2) is 0 Å². The molecule has 0 aliphatic carbocycles. The van der Waals surface area contributed by atoms with Crippen LogP contribution in [0.15, 0.2) is 54.6 Å². The van der Waals surface area contributed by atoms with Crippen molar-refractivity contribution in [2.45, 2.75) is 58.2 Å². The van der Waals surface area contributed by atoms with Crippen LogP contribution in [0.5, 0.6) is 5.75 Å². The lowest BCUT2D eigenvalue weighted by Crippen LogP contribution is -2.56. The van der Waals surface area contributed by atoms with Gasteiger partial charge in [0.25, 0.3) is 0 Å². The van der Waals surface area contributed by atoms with Crippen molar-refractivity contribution in [1.29, 1.82) is 0 Å². The number of nitrogens with one attached hydrogen (secondary N) is 3. The standard InChI is InChI=1S/C26H33N3O5/c1-17(2)13-23(27-18(3)31)26(34)29-24(15-19-7-5-4-6-8-19)25(33)28-21(16-30)14-20-9-11-22(32)12-10-20/h4-12,16-17,21,23-24,32H,13-15H2,1-3H3,(H,27,31)(H,28,33)(H,29,34)/t21-,23-,24-/m0/s1. The Labute approximate surface area is 200 Å². The summed E-state index contributed by atoms with van der Waals surface area (Å²) in [5, 5.41) is 17.6. The molecule has 0 aliphatic heterocycles. The second kappa shape index (κ2) is 13.1. The van der Waals surface area contributed by atoms with Gasteiger partial charge in [0.15, 0.2) is 0 Å². The molecule has 34 heavy (non-hydrogen) atoms. The third-order valence-corrected chi connectivity index (χ3v) is 5.20. The summed E-state index contributed by atoms with van der Waals surface area (Å²) in [5.41, 5.74) is 1.60. The zero-order valence-corrected chi connectivity index (χ0v) is 19.8. The molecule has 182 valence electrons. The van der Waals surface area contributed by atoms with Gasteiger partial charge in [0.05, 0.1) is 6.04 Å². The van der Waals surface area contributed by atoms with Crippen molar-refractivity contribution in [3.63, 3.8) is 0 Å². The molecule has 3 atom stereocenters. The Kier molecular flexibility index (Phi) is 10.3. The molecule has 4 N–H and O–H groups in total. The summed E-state index contributed by atoms with van der Waals surface area (Å²) in [6, 6.07) is 13.1. The molecular formula is C26H33N3O5. The molecule has 0 heterocycles. The molecule has 0 unspecified atom stereocenters. The molecule has 0 aromatic heterocycles. The van der Waals surface area contributed by atoms with Crippen molar-refractivity contribution in [3.8, 4) is 5.75 Å². The molecule has 3 amide bonds. The Morgan fingerprint density at radius 2 is 1.41 bits per heavy atom. The van der Waals surface area contributed by atoms with E-state index in [1.807, 2.05) is 44.2 Å². The van der Waals surface area contributed by atoms with Crippen molar-refractivity contribution >= 4 is 24.0 Å². The van der Waals surface area contributed by atoms with Crippen LogP contribution in [0.25, 0.3) is 0 Å². The summed E-state index contributed by atoms with van der Waals surface area (Å²) in [6.45, 7) is 5.22. The highest BCUT2D eigenvalue weighted by atomic mass is 16.3. The van der Waals surface area contributed by atoms with Crippen molar-refractivity contribution < 1.29 is 24.3 Å². The number of hydrogen-bond donors (Lipinski definition) is 4. The lowest BCUT2D eigenvalue weighted by molar-refractivity contribution is -0.132. The summed E-state index contributed by atoms with van der Waals surface area (Å²) in [4.78, 5) is 49.4. The third kappa shape index (κ3) is 9.05. The first-order valence-corrected chi connectivity index (χ1v) is 11.3. The fourth-order valence-electron chi connectivity index (χ4n) is 3.58. The Balaban J connectivity index is 2.17. The number of aromatic hydroxyl groups is 1. The third-order valence-electron chi connectivity index (χ3n) is 5.20. The summed E-state index contributed by atoms with van der Waals surface area (Å²) < 4.78 is 0. The number of carbonyl (C=O) groups is 4. The smallest absolute Gasteiger partial charge is 0.243 e. The van der Waals surface area contributed by atoms with Gasteiger partial charge in [-0.05, 0) is 42.0 Å². The van der Waals surface area contributed by atoms with Gasteiger partial charge in [0, 0.05) is 13.3 Å². The van der Waals surface area contributed by atoms with Gasteiger partial charge in [0.2, 0.25) is 17.7 Å². The Hall–Kier alpha value is -3.68. The van der Waals surface area contributed by atoms with Crippen LogP contribution in [-0.4, -0.2) is 47.2 Å². The van der Waals surface area contributed by atoms with Gasteiger partial charge < -0.3 is 25.9 Å². The maximum absolute atomic E-state index is 13.2. The zero-order chi connectivity index (χ0) is 25.1. The van der Waals surface area contributed by atoms with Crippen LogP contribution in [0.4, 0.5) is 0 Å². The molecule has 0 saturated heterocycles. The lowest BCUT2D eigenvalue weighted by Gasteiger charge is -2.25. The topological polar surface area (TPSA) is 125 Å². The molecule has 0 fully saturated rings. The van der Waals surface area contributed by atoms with E-state index in [1.165, 1.54) is 19.1 Å². The molecule has 8 heteroatoms. The monoisotopic (exact) mass is 467 g/mol.